The number of anilines is 1. The van der Waals surface area contributed by atoms with E-state index in [9.17, 15) is 14.9 Å². The van der Waals surface area contributed by atoms with Crippen LogP contribution in [0.5, 0.6) is 11.5 Å². The smallest absolute Gasteiger partial charge is 0.275 e. The Labute approximate surface area is 126 Å². The first-order valence-electron chi connectivity index (χ1n) is 6.32. The summed E-state index contributed by atoms with van der Waals surface area (Å²) in [5, 5.41) is 13.5. The van der Waals surface area contributed by atoms with Gasteiger partial charge in [0, 0.05) is 17.7 Å². The Morgan fingerprint density at radius 3 is 2.23 bits per heavy atom. The van der Waals surface area contributed by atoms with Crippen LogP contribution in [-0.4, -0.2) is 25.1 Å². The van der Waals surface area contributed by atoms with E-state index in [0.29, 0.717) is 17.1 Å². The first-order chi connectivity index (χ1) is 10.5. The van der Waals surface area contributed by atoms with Crippen molar-refractivity contribution in [3.05, 3.63) is 58.1 Å². The zero-order chi connectivity index (χ0) is 16.1. The normalized spacial score (nSPS) is 9.91. The van der Waals surface area contributed by atoms with Crippen molar-refractivity contribution in [2.75, 3.05) is 19.5 Å². The summed E-state index contributed by atoms with van der Waals surface area (Å²) in [5.74, 6) is 0.540. The second-order valence-corrected chi connectivity index (χ2v) is 4.36. The van der Waals surface area contributed by atoms with Crippen molar-refractivity contribution in [2.24, 2.45) is 0 Å². The molecule has 0 aliphatic heterocycles. The molecule has 7 heteroatoms. The number of nitro benzene ring substituents is 1. The summed E-state index contributed by atoms with van der Waals surface area (Å²) in [6.07, 6.45) is 0. The van der Waals surface area contributed by atoms with Crippen LogP contribution in [-0.2, 0) is 0 Å². The predicted octanol–water partition coefficient (Wildman–Crippen LogP) is 2.86. The van der Waals surface area contributed by atoms with Crippen molar-refractivity contribution in [1.29, 1.82) is 0 Å². The number of carbonyl (C=O) groups excluding carboxylic acids is 1. The fraction of sp³-hybridized carbons (Fsp3) is 0.133. The van der Waals surface area contributed by atoms with E-state index in [2.05, 4.69) is 5.32 Å². The van der Waals surface area contributed by atoms with Crippen molar-refractivity contribution < 1.29 is 19.2 Å². The largest absolute Gasteiger partial charge is 0.497 e. The molecule has 0 unspecified atom stereocenters. The SMILES string of the molecule is COc1ccc(C(=O)Nc2cc(OC)cc([N+](=O)[O-])c2)cc1. The lowest BCUT2D eigenvalue weighted by Crippen LogP contribution is -2.12. The lowest BCUT2D eigenvalue weighted by atomic mass is 10.2. The van der Waals surface area contributed by atoms with Gasteiger partial charge in [0.25, 0.3) is 11.6 Å². The van der Waals surface area contributed by atoms with Crippen LogP contribution in [0.15, 0.2) is 42.5 Å². The Morgan fingerprint density at radius 1 is 1.05 bits per heavy atom. The lowest BCUT2D eigenvalue weighted by Gasteiger charge is -2.08. The van der Waals surface area contributed by atoms with Gasteiger partial charge >= 0.3 is 0 Å². The third-order valence-electron chi connectivity index (χ3n) is 2.95. The minimum absolute atomic E-state index is 0.163. The summed E-state index contributed by atoms with van der Waals surface area (Å²) in [5.41, 5.74) is 0.530. The number of amides is 1. The van der Waals surface area contributed by atoms with Crippen LogP contribution in [0.1, 0.15) is 10.4 Å². The predicted molar refractivity (Wildman–Crippen MR) is 80.6 cm³/mol. The number of nitro groups is 1. The molecule has 22 heavy (non-hydrogen) atoms. The summed E-state index contributed by atoms with van der Waals surface area (Å²) in [7, 11) is 2.93. The number of benzene rings is 2. The van der Waals surface area contributed by atoms with Gasteiger partial charge in [-0.3, -0.25) is 14.9 Å². The van der Waals surface area contributed by atoms with Crippen LogP contribution in [0.4, 0.5) is 11.4 Å². The Kier molecular flexibility index (Phi) is 4.57. The van der Waals surface area contributed by atoms with Crippen molar-refractivity contribution in [1.82, 2.24) is 0 Å². The number of hydrogen-bond acceptors (Lipinski definition) is 5. The number of methoxy groups -OCH3 is 2. The van der Waals surface area contributed by atoms with Gasteiger partial charge in [-0.25, -0.2) is 0 Å². The highest BCUT2D eigenvalue weighted by molar-refractivity contribution is 6.04. The standard InChI is InChI=1S/C15H14N2O5/c1-21-13-5-3-10(4-6-13)15(18)16-11-7-12(17(19)20)9-14(8-11)22-2/h3-9H,1-2H3,(H,16,18). The van der Waals surface area contributed by atoms with Gasteiger partial charge in [0.15, 0.2) is 0 Å². The molecular weight excluding hydrogens is 288 g/mol. The molecule has 2 rings (SSSR count). The van der Waals surface area contributed by atoms with Gasteiger partial charge in [-0.1, -0.05) is 0 Å². The summed E-state index contributed by atoms with van der Waals surface area (Å²) >= 11 is 0. The number of nitrogens with one attached hydrogen (secondary N) is 1. The summed E-state index contributed by atoms with van der Waals surface area (Å²) < 4.78 is 10.0. The molecule has 114 valence electrons. The van der Waals surface area contributed by atoms with E-state index in [1.165, 1.54) is 32.4 Å². The van der Waals surface area contributed by atoms with Crippen molar-refractivity contribution in [2.45, 2.75) is 0 Å². The zero-order valence-electron chi connectivity index (χ0n) is 12.0. The van der Waals surface area contributed by atoms with E-state index in [-0.39, 0.29) is 17.3 Å². The molecule has 0 saturated carbocycles. The fourth-order valence-electron chi connectivity index (χ4n) is 1.82. The molecule has 2 aromatic carbocycles. The Bertz CT molecular complexity index is 698. The van der Waals surface area contributed by atoms with Crippen LogP contribution in [0.25, 0.3) is 0 Å². The molecule has 0 atom stereocenters. The molecule has 0 spiro atoms. The zero-order valence-corrected chi connectivity index (χ0v) is 12.0. The number of ether oxygens (including phenoxy) is 2. The molecule has 7 nitrogen and oxygen atoms in total. The molecule has 2 aromatic rings. The highest BCUT2D eigenvalue weighted by atomic mass is 16.6. The Hall–Kier alpha value is -3.09. The maximum Gasteiger partial charge on any atom is 0.275 e. The third-order valence-corrected chi connectivity index (χ3v) is 2.95. The molecule has 0 saturated heterocycles. The Morgan fingerprint density at radius 2 is 1.68 bits per heavy atom. The fourth-order valence-corrected chi connectivity index (χ4v) is 1.82. The molecule has 0 aliphatic rings. The quantitative estimate of drug-likeness (QED) is 0.677. The number of nitrogens with zero attached hydrogens (tertiary/aromatic N) is 1. The summed E-state index contributed by atoms with van der Waals surface area (Å²) in [6, 6.07) is 10.6. The van der Waals surface area contributed by atoms with Crippen molar-refractivity contribution in [3.8, 4) is 11.5 Å². The number of carbonyl (C=O) groups is 1. The van der Waals surface area contributed by atoms with Gasteiger partial charge in [-0.15, -0.1) is 0 Å². The van der Waals surface area contributed by atoms with Crippen LogP contribution < -0.4 is 14.8 Å². The first-order valence-corrected chi connectivity index (χ1v) is 6.32. The molecular formula is C15H14N2O5. The number of hydrogen-bond donors (Lipinski definition) is 1. The minimum Gasteiger partial charge on any atom is -0.497 e. The minimum atomic E-state index is -0.550. The van der Waals surface area contributed by atoms with E-state index < -0.39 is 4.92 Å². The molecule has 0 radical (unpaired) electrons. The number of rotatable bonds is 5. The van der Waals surface area contributed by atoms with E-state index in [4.69, 9.17) is 9.47 Å². The first kappa shape index (κ1) is 15.3. The van der Waals surface area contributed by atoms with E-state index in [1.54, 1.807) is 24.3 Å². The Balaban J connectivity index is 2.23. The maximum atomic E-state index is 12.1. The second-order valence-electron chi connectivity index (χ2n) is 4.36. The molecule has 1 amide bonds. The van der Waals surface area contributed by atoms with E-state index in [0.717, 1.165) is 0 Å². The van der Waals surface area contributed by atoms with Crippen LogP contribution in [0.3, 0.4) is 0 Å². The topological polar surface area (TPSA) is 90.7 Å². The van der Waals surface area contributed by atoms with Gasteiger partial charge in [-0.2, -0.15) is 0 Å². The van der Waals surface area contributed by atoms with Crippen LogP contribution >= 0.6 is 0 Å². The molecule has 0 aromatic heterocycles. The molecule has 0 aliphatic carbocycles. The lowest BCUT2D eigenvalue weighted by molar-refractivity contribution is -0.384. The van der Waals surface area contributed by atoms with Crippen LogP contribution in [0.2, 0.25) is 0 Å². The molecule has 0 fully saturated rings. The summed E-state index contributed by atoms with van der Waals surface area (Å²) in [6.45, 7) is 0. The van der Waals surface area contributed by atoms with Crippen molar-refractivity contribution >= 4 is 17.3 Å². The number of non-ortho nitro benzene ring substituents is 1. The average molecular weight is 302 g/mol. The third kappa shape index (κ3) is 3.51. The van der Waals surface area contributed by atoms with Gasteiger partial charge in [-0.05, 0) is 24.3 Å². The average Bonchev–Trinajstić information content (AvgIpc) is 2.54. The maximum absolute atomic E-state index is 12.1. The van der Waals surface area contributed by atoms with E-state index >= 15 is 0 Å². The molecule has 0 heterocycles. The van der Waals surface area contributed by atoms with E-state index in [1.807, 2.05) is 0 Å². The molecule has 1 N–H and O–H groups in total. The van der Waals surface area contributed by atoms with Gasteiger partial charge in [0.05, 0.1) is 30.9 Å². The van der Waals surface area contributed by atoms with Crippen LogP contribution in [0, 0.1) is 10.1 Å². The monoisotopic (exact) mass is 302 g/mol. The second kappa shape index (κ2) is 6.57. The van der Waals surface area contributed by atoms with Gasteiger partial charge < -0.3 is 14.8 Å². The van der Waals surface area contributed by atoms with Gasteiger partial charge in [0.2, 0.25) is 0 Å². The highest BCUT2D eigenvalue weighted by Crippen LogP contribution is 2.26. The molecule has 0 bridgehead atoms. The van der Waals surface area contributed by atoms with Gasteiger partial charge in [0.1, 0.15) is 11.5 Å². The summed E-state index contributed by atoms with van der Waals surface area (Å²) in [4.78, 5) is 22.5. The highest BCUT2D eigenvalue weighted by Gasteiger charge is 2.13. The van der Waals surface area contributed by atoms with Crippen molar-refractivity contribution in [3.63, 3.8) is 0 Å².